The summed E-state index contributed by atoms with van der Waals surface area (Å²) in [5.41, 5.74) is 2.26. The largest absolute Gasteiger partial charge is 0.488 e. The molecule has 0 bridgehead atoms. The van der Waals surface area contributed by atoms with Crippen LogP contribution in [0, 0.1) is 5.82 Å². The molecule has 154 valence electrons. The first-order chi connectivity index (χ1) is 14.0. The van der Waals surface area contributed by atoms with E-state index in [1.54, 1.807) is 24.5 Å². The van der Waals surface area contributed by atoms with Gasteiger partial charge in [0.1, 0.15) is 18.5 Å². The maximum Gasteiger partial charge on any atom is 0.165 e. The van der Waals surface area contributed by atoms with Gasteiger partial charge in [0.05, 0.1) is 12.8 Å². The van der Waals surface area contributed by atoms with Gasteiger partial charge in [0.15, 0.2) is 11.6 Å². The average molecular weight is 398 g/mol. The van der Waals surface area contributed by atoms with Crippen LogP contribution < -0.4 is 9.64 Å². The molecule has 5 nitrogen and oxygen atoms in total. The van der Waals surface area contributed by atoms with E-state index in [4.69, 9.17) is 9.15 Å². The van der Waals surface area contributed by atoms with Gasteiger partial charge in [-0.3, -0.25) is 4.90 Å². The Bertz CT molecular complexity index is 866. The molecule has 29 heavy (non-hydrogen) atoms. The SMILES string of the molecule is CN(C)c1ccc(CN(Cc2ccco2)CC(O)COc2ccccc2F)cc1. The third-order valence-electron chi connectivity index (χ3n) is 4.56. The van der Waals surface area contributed by atoms with E-state index in [1.807, 2.05) is 31.1 Å². The van der Waals surface area contributed by atoms with Gasteiger partial charge in [0, 0.05) is 32.9 Å². The Hall–Kier alpha value is -2.83. The lowest BCUT2D eigenvalue weighted by atomic mass is 10.1. The molecule has 1 atom stereocenters. The third kappa shape index (κ3) is 6.34. The monoisotopic (exact) mass is 398 g/mol. The number of hydrogen-bond acceptors (Lipinski definition) is 5. The van der Waals surface area contributed by atoms with Crippen molar-refractivity contribution in [2.24, 2.45) is 0 Å². The molecule has 0 radical (unpaired) electrons. The number of anilines is 1. The Labute approximate surface area is 170 Å². The summed E-state index contributed by atoms with van der Waals surface area (Å²) in [5.74, 6) is 0.522. The van der Waals surface area contributed by atoms with Crippen molar-refractivity contribution in [2.45, 2.75) is 19.2 Å². The van der Waals surface area contributed by atoms with Gasteiger partial charge in [-0.2, -0.15) is 0 Å². The minimum absolute atomic E-state index is 0.00908. The van der Waals surface area contributed by atoms with E-state index in [-0.39, 0.29) is 12.4 Å². The third-order valence-corrected chi connectivity index (χ3v) is 4.56. The van der Waals surface area contributed by atoms with Crippen LogP contribution in [0.1, 0.15) is 11.3 Å². The predicted molar refractivity (Wildman–Crippen MR) is 111 cm³/mol. The molecule has 0 saturated carbocycles. The van der Waals surface area contributed by atoms with Crippen LogP contribution >= 0.6 is 0 Å². The van der Waals surface area contributed by atoms with Crippen molar-refractivity contribution in [3.63, 3.8) is 0 Å². The first-order valence-electron chi connectivity index (χ1n) is 9.57. The second kappa shape index (κ2) is 10.1. The van der Waals surface area contributed by atoms with Crippen LogP contribution in [0.4, 0.5) is 10.1 Å². The minimum atomic E-state index is -0.773. The zero-order valence-corrected chi connectivity index (χ0v) is 16.8. The van der Waals surface area contributed by atoms with Crippen molar-refractivity contribution < 1.29 is 18.7 Å². The molecule has 3 aromatic rings. The molecule has 0 amide bonds. The Morgan fingerprint density at radius 1 is 1.00 bits per heavy atom. The number of ether oxygens (including phenoxy) is 1. The Kier molecular flexibility index (Phi) is 7.27. The number of hydrogen-bond donors (Lipinski definition) is 1. The molecule has 3 rings (SSSR count). The van der Waals surface area contributed by atoms with E-state index in [1.165, 1.54) is 6.07 Å². The standard InChI is InChI=1S/C23H27FN2O3/c1-25(2)19-11-9-18(10-12-19)14-26(16-21-6-5-13-28-21)15-20(27)17-29-23-8-4-3-7-22(23)24/h3-13,20,27H,14-17H2,1-2H3. The fourth-order valence-electron chi connectivity index (χ4n) is 3.06. The molecule has 0 spiro atoms. The Morgan fingerprint density at radius 2 is 1.76 bits per heavy atom. The van der Waals surface area contributed by atoms with E-state index in [0.717, 1.165) is 17.0 Å². The van der Waals surface area contributed by atoms with Crippen molar-refractivity contribution in [1.82, 2.24) is 4.90 Å². The lowest BCUT2D eigenvalue weighted by molar-refractivity contribution is 0.0592. The zero-order valence-electron chi connectivity index (χ0n) is 16.8. The van der Waals surface area contributed by atoms with Gasteiger partial charge in [-0.15, -0.1) is 0 Å². The van der Waals surface area contributed by atoms with Crippen LogP contribution in [0.5, 0.6) is 5.75 Å². The lowest BCUT2D eigenvalue weighted by Gasteiger charge is -2.25. The van der Waals surface area contributed by atoms with Crippen LogP contribution in [-0.2, 0) is 13.1 Å². The Balaban J connectivity index is 1.62. The number of rotatable bonds is 10. The molecule has 0 saturated heterocycles. The molecule has 6 heteroatoms. The van der Waals surface area contributed by atoms with Gasteiger partial charge >= 0.3 is 0 Å². The quantitative estimate of drug-likeness (QED) is 0.561. The molecule has 1 aromatic heterocycles. The maximum absolute atomic E-state index is 13.7. The second-order valence-corrected chi connectivity index (χ2v) is 7.21. The predicted octanol–water partition coefficient (Wildman–Crippen LogP) is 3.93. The number of aliphatic hydroxyl groups excluding tert-OH is 1. The fraction of sp³-hybridized carbons (Fsp3) is 0.304. The average Bonchev–Trinajstić information content (AvgIpc) is 3.21. The number of aliphatic hydroxyl groups is 1. The first kappa shape index (κ1) is 20.9. The summed E-state index contributed by atoms with van der Waals surface area (Å²) in [6.45, 7) is 1.57. The van der Waals surface area contributed by atoms with Crippen molar-refractivity contribution in [3.8, 4) is 5.75 Å². The molecular weight excluding hydrogens is 371 g/mol. The highest BCUT2D eigenvalue weighted by atomic mass is 19.1. The van der Waals surface area contributed by atoms with Crippen LogP contribution in [0.3, 0.4) is 0 Å². The summed E-state index contributed by atoms with van der Waals surface area (Å²) in [7, 11) is 4.01. The van der Waals surface area contributed by atoms with Crippen molar-refractivity contribution in [1.29, 1.82) is 0 Å². The normalized spacial score (nSPS) is 12.2. The van der Waals surface area contributed by atoms with Crippen molar-refractivity contribution in [3.05, 3.63) is 84.1 Å². The lowest BCUT2D eigenvalue weighted by Crippen LogP contribution is -2.35. The van der Waals surface area contributed by atoms with E-state index in [2.05, 4.69) is 29.2 Å². The molecule has 0 fully saturated rings. The van der Waals surface area contributed by atoms with Crippen LogP contribution in [0.2, 0.25) is 0 Å². The van der Waals surface area contributed by atoms with Gasteiger partial charge in [-0.25, -0.2) is 4.39 Å². The van der Waals surface area contributed by atoms with E-state index in [9.17, 15) is 9.50 Å². The van der Waals surface area contributed by atoms with Crippen LogP contribution in [0.25, 0.3) is 0 Å². The van der Waals surface area contributed by atoms with Crippen LogP contribution in [-0.4, -0.2) is 43.4 Å². The summed E-state index contributed by atoms with van der Waals surface area (Å²) < 4.78 is 24.6. The molecule has 0 aliphatic rings. The number of halogens is 1. The number of benzene rings is 2. The van der Waals surface area contributed by atoms with E-state index < -0.39 is 11.9 Å². The summed E-state index contributed by atoms with van der Waals surface area (Å²) in [4.78, 5) is 4.13. The van der Waals surface area contributed by atoms with Crippen molar-refractivity contribution >= 4 is 5.69 Å². The highest BCUT2D eigenvalue weighted by Crippen LogP contribution is 2.18. The zero-order chi connectivity index (χ0) is 20.6. The summed E-state index contributed by atoms with van der Waals surface area (Å²) in [6, 6.07) is 18.2. The first-order valence-corrected chi connectivity index (χ1v) is 9.57. The van der Waals surface area contributed by atoms with Crippen molar-refractivity contribution in [2.75, 3.05) is 32.1 Å². The smallest absolute Gasteiger partial charge is 0.165 e. The molecule has 1 heterocycles. The molecular formula is C23H27FN2O3. The second-order valence-electron chi connectivity index (χ2n) is 7.21. The molecule has 0 aliphatic carbocycles. The van der Waals surface area contributed by atoms with Gasteiger partial charge in [-0.05, 0) is 42.0 Å². The fourth-order valence-corrected chi connectivity index (χ4v) is 3.06. The van der Waals surface area contributed by atoms with Gasteiger partial charge in [0.25, 0.3) is 0 Å². The highest BCUT2D eigenvalue weighted by molar-refractivity contribution is 5.45. The molecule has 0 aliphatic heterocycles. The van der Waals surface area contributed by atoms with Gasteiger partial charge in [0.2, 0.25) is 0 Å². The maximum atomic E-state index is 13.7. The summed E-state index contributed by atoms with van der Waals surface area (Å²) in [6.07, 6.45) is 0.863. The van der Waals surface area contributed by atoms with E-state index >= 15 is 0 Å². The van der Waals surface area contributed by atoms with Gasteiger partial charge < -0.3 is 19.2 Å². The van der Waals surface area contributed by atoms with Crippen LogP contribution in [0.15, 0.2) is 71.3 Å². The number of para-hydroxylation sites is 1. The molecule has 2 aromatic carbocycles. The summed E-state index contributed by atoms with van der Waals surface area (Å²) in [5, 5.41) is 10.5. The van der Waals surface area contributed by atoms with E-state index in [0.29, 0.717) is 19.6 Å². The summed E-state index contributed by atoms with van der Waals surface area (Å²) >= 11 is 0. The Morgan fingerprint density at radius 3 is 2.41 bits per heavy atom. The highest BCUT2D eigenvalue weighted by Gasteiger charge is 2.16. The minimum Gasteiger partial charge on any atom is -0.488 e. The number of nitrogens with zero attached hydrogens (tertiary/aromatic N) is 2. The van der Waals surface area contributed by atoms with Gasteiger partial charge in [-0.1, -0.05) is 24.3 Å². The molecule has 1 N–H and O–H groups in total. The topological polar surface area (TPSA) is 49.1 Å². The molecule has 1 unspecified atom stereocenters. The number of furan rings is 1.